The molecule has 1 aliphatic rings. The molecule has 1 heterocycles. The Morgan fingerprint density at radius 2 is 1.38 bits per heavy atom. The number of fused-ring (bicyclic) bond motifs is 1. The Morgan fingerprint density at radius 1 is 0.793 bits per heavy atom. The Labute approximate surface area is 167 Å². The highest BCUT2D eigenvalue weighted by Crippen LogP contribution is 2.28. The van der Waals surface area contributed by atoms with E-state index in [4.69, 9.17) is 9.57 Å². The molecular weight excluding hydrogens is 370 g/mol. The van der Waals surface area contributed by atoms with Crippen LogP contribution in [0.4, 0.5) is 0 Å². The van der Waals surface area contributed by atoms with Crippen molar-refractivity contribution < 1.29 is 24.0 Å². The van der Waals surface area contributed by atoms with Gasteiger partial charge in [-0.2, -0.15) is 0 Å². The van der Waals surface area contributed by atoms with Gasteiger partial charge in [0.1, 0.15) is 11.5 Å². The molecule has 1 atom stereocenters. The summed E-state index contributed by atoms with van der Waals surface area (Å²) in [7, 11) is 0. The molecule has 1 aliphatic heterocycles. The van der Waals surface area contributed by atoms with Crippen LogP contribution in [0.1, 0.15) is 39.1 Å². The van der Waals surface area contributed by atoms with Crippen LogP contribution >= 0.6 is 0 Å². The van der Waals surface area contributed by atoms with Crippen molar-refractivity contribution in [2.45, 2.75) is 12.8 Å². The summed E-state index contributed by atoms with van der Waals surface area (Å²) in [6, 6.07) is 22.6. The molecule has 3 aromatic carbocycles. The molecule has 6 nitrogen and oxygen atoms in total. The lowest BCUT2D eigenvalue weighted by Crippen LogP contribution is -2.34. The van der Waals surface area contributed by atoms with Crippen molar-refractivity contribution in [2.75, 3.05) is 0 Å². The van der Waals surface area contributed by atoms with Gasteiger partial charge in [0.15, 0.2) is 0 Å². The van der Waals surface area contributed by atoms with Crippen molar-refractivity contribution in [1.82, 2.24) is 5.06 Å². The molecule has 3 aromatic rings. The quantitative estimate of drug-likeness (QED) is 0.609. The van der Waals surface area contributed by atoms with E-state index in [1.165, 1.54) is 12.1 Å². The van der Waals surface area contributed by atoms with Gasteiger partial charge in [-0.3, -0.25) is 9.59 Å². The van der Waals surface area contributed by atoms with Gasteiger partial charge in [-0.1, -0.05) is 47.5 Å². The lowest BCUT2D eigenvalue weighted by molar-refractivity contribution is -0.170. The first-order chi connectivity index (χ1) is 14.0. The van der Waals surface area contributed by atoms with Crippen LogP contribution in [0.2, 0.25) is 0 Å². The van der Waals surface area contributed by atoms with Crippen LogP contribution in [0.5, 0.6) is 11.5 Å². The third-order valence-corrected chi connectivity index (χ3v) is 4.63. The Bertz CT molecular complexity index is 1060. The normalized spacial score (nSPS) is 13.8. The highest BCUT2D eigenvalue weighted by atomic mass is 16.7. The Balaban J connectivity index is 1.48. The third kappa shape index (κ3) is 3.60. The number of ether oxygens (including phenoxy) is 1. The summed E-state index contributed by atoms with van der Waals surface area (Å²) in [6.45, 7) is 1.64. The Hall–Kier alpha value is -3.93. The first-order valence-corrected chi connectivity index (χ1v) is 9.07. The van der Waals surface area contributed by atoms with E-state index in [-0.39, 0.29) is 11.1 Å². The molecule has 144 valence electrons. The van der Waals surface area contributed by atoms with Crippen molar-refractivity contribution in [3.05, 3.63) is 95.6 Å². The molecule has 0 saturated carbocycles. The zero-order valence-corrected chi connectivity index (χ0v) is 15.6. The molecule has 0 aromatic heterocycles. The number of rotatable bonds is 5. The van der Waals surface area contributed by atoms with E-state index in [1.54, 1.807) is 43.3 Å². The fourth-order valence-corrected chi connectivity index (χ4v) is 3.03. The van der Waals surface area contributed by atoms with Gasteiger partial charge in [-0.15, -0.1) is 0 Å². The average Bonchev–Trinajstić information content (AvgIpc) is 2.99. The van der Waals surface area contributed by atoms with Crippen molar-refractivity contribution in [1.29, 1.82) is 0 Å². The van der Waals surface area contributed by atoms with Crippen LogP contribution in [0.3, 0.4) is 0 Å². The van der Waals surface area contributed by atoms with Gasteiger partial charge < -0.3 is 9.57 Å². The number of hydrogen-bond donors (Lipinski definition) is 0. The standard InChI is InChI=1S/C23H17NO5/c1-15(16-8-7-11-18(14-16)28-17-9-3-2-4-10-17)23(27)29-24-21(25)19-12-5-6-13-20(19)22(24)26/h2-15H,1H3. The number of nitrogens with zero attached hydrogens (tertiary/aromatic N) is 1. The molecule has 0 aliphatic carbocycles. The molecular formula is C23H17NO5. The highest BCUT2D eigenvalue weighted by Gasteiger charge is 2.39. The number of carbonyl (C=O) groups excluding carboxylic acids is 3. The minimum Gasteiger partial charge on any atom is -0.457 e. The molecule has 29 heavy (non-hydrogen) atoms. The fourth-order valence-electron chi connectivity index (χ4n) is 3.03. The van der Waals surface area contributed by atoms with Gasteiger partial charge >= 0.3 is 5.97 Å². The number of carbonyl (C=O) groups is 3. The van der Waals surface area contributed by atoms with E-state index in [2.05, 4.69) is 0 Å². The Kier molecular flexibility index (Phi) is 4.83. The van der Waals surface area contributed by atoms with Gasteiger partial charge in [-0.05, 0) is 48.9 Å². The molecule has 0 spiro atoms. The molecule has 0 N–H and O–H groups in total. The number of amides is 2. The van der Waals surface area contributed by atoms with Crippen molar-refractivity contribution in [3.8, 4) is 11.5 Å². The van der Waals surface area contributed by atoms with Gasteiger partial charge in [0.05, 0.1) is 17.0 Å². The molecule has 0 bridgehead atoms. The largest absolute Gasteiger partial charge is 0.457 e. The van der Waals surface area contributed by atoms with Gasteiger partial charge in [0, 0.05) is 0 Å². The summed E-state index contributed by atoms with van der Waals surface area (Å²) in [6.07, 6.45) is 0. The van der Waals surface area contributed by atoms with E-state index < -0.39 is 23.7 Å². The number of imide groups is 1. The molecule has 0 radical (unpaired) electrons. The lowest BCUT2D eigenvalue weighted by Gasteiger charge is -2.17. The summed E-state index contributed by atoms with van der Waals surface area (Å²) < 4.78 is 5.79. The average molecular weight is 387 g/mol. The summed E-state index contributed by atoms with van der Waals surface area (Å²) in [4.78, 5) is 42.5. The molecule has 2 amide bonds. The number of para-hydroxylation sites is 1. The summed E-state index contributed by atoms with van der Waals surface area (Å²) in [5, 5.41) is 0.522. The second kappa shape index (κ2) is 7.59. The third-order valence-electron chi connectivity index (χ3n) is 4.63. The maximum atomic E-state index is 12.6. The minimum atomic E-state index is -0.712. The SMILES string of the molecule is CC(C(=O)ON1C(=O)c2ccccc2C1=O)c1cccc(Oc2ccccc2)c1. The van der Waals surface area contributed by atoms with Gasteiger partial charge in [0.25, 0.3) is 11.8 Å². The van der Waals surface area contributed by atoms with Crippen molar-refractivity contribution in [3.63, 3.8) is 0 Å². The highest BCUT2D eigenvalue weighted by molar-refractivity contribution is 6.20. The van der Waals surface area contributed by atoms with Crippen LogP contribution in [-0.4, -0.2) is 22.8 Å². The topological polar surface area (TPSA) is 72.9 Å². The van der Waals surface area contributed by atoms with Crippen LogP contribution in [0.25, 0.3) is 0 Å². The summed E-state index contributed by atoms with van der Waals surface area (Å²) in [5.74, 6) is -1.48. The summed E-state index contributed by atoms with van der Waals surface area (Å²) >= 11 is 0. The van der Waals surface area contributed by atoms with Gasteiger partial charge in [-0.25, -0.2) is 4.79 Å². The predicted molar refractivity (Wildman–Crippen MR) is 104 cm³/mol. The van der Waals surface area contributed by atoms with Gasteiger partial charge in [0.2, 0.25) is 0 Å². The monoisotopic (exact) mass is 387 g/mol. The van der Waals surface area contributed by atoms with E-state index in [1.807, 2.05) is 30.3 Å². The zero-order valence-electron chi connectivity index (χ0n) is 15.6. The number of benzene rings is 3. The van der Waals surface area contributed by atoms with Crippen LogP contribution in [0.15, 0.2) is 78.9 Å². The van der Waals surface area contributed by atoms with E-state index >= 15 is 0 Å². The maximum Gasteiger partial charge on any atom is 0.340 e. The van der Waals surface area contributed by atoms with Crippen molar-refractivity contribution in [2.24, 2.45) is 0 Å². The second-order valence-corrected chi connectivity index (χ2v) is 6.57. The second-order valence-electron chi connectivity index (χ2n) is 6.57. The first-order valence-electron chi connectivity index (χ1n) is 9.07. The predicted octanol–water partition coefficient (Wildman–Crippen LogP) is 4.34. The van der Waals surface area contributed by atoms with Crippen LogP contribution < -0.4 is 4.74 Å². The number of hydrogen-bond acceptors (Lipinski definition) is 5. The fraction of sp³-hybridized carbons (Fsp3) is 0.0870. The lowest BCUT2D eigenvalue weighted by atomic mass is 10.0. The molecule has 0 fully saturated rings. The van der Waals surface area contributed by atoms with E-state index in [9.17, 15) is 14.4 Å². The van der Waals surface area contributed by atoms with Crippen molar-refractivity contribution >= 4 is 17.8 Å². The molecule has 1 unspecified atom stereocenters. The molecule has 0 saturated heterocycles. The zero-order chi connectivity index (χ0) is 20.4. The molecule has 6 heteroatoms. The molecule has 4 rings (SSSR count). The van der Waals surface area contributed by atoms with E-state index in [0.717, 1.165) is 0 Å². The Morgan fingerprint density at radius 3 is 2.03 bits per heavy atom. The maximum absolute atomic E-state index is 12.6. The number of hydroxylamine groups is 2. The minimum absolute atomic E-state index is 0.219. The summed E-state index contributed by atoms with van der Waals surface area (Å²) in [5.41, 5.74) is 1.08. The van der Waals surface area contributed by atoms with E-state index in [0.29, 0.717) is 22.1 Å². The smallest absolute Gasteiger partial charge is 0.340 e. The first kappa shape index (κ1) is 18.4. The van der Waals surface area contributed by atoms with Crippen LogP contribution in [-0.2, 0) is 9.63 Å². The van der Waals surface area contributed by atoms with Crippen LogP contribution in [0, 0.1) is 0 Å².